The molecule has 4 heterocycles. The number of nitrogens with one attached hydrogen (secondary N) is 1. The highest BCUT2D eigenvalue weighted by molar-refractivity contribution is 7.90. The number of aromatic nitrogens is 5. The van der Waals surface area contributed by atoms with Crippen molar-refractivity contribution in [3.05, 3.63) is 47.4 Å². The standard InChI is InChI=1S/C29H35ClF3N7O6S/c1-27(2)17-19(18-39(27)26(42)43)5-3-13-38-14-9-23(36-38)47(44,45)37-25(41)20-6-7-21(34-24(20)30)40-15-8-22(35-40)46-16-4-10-28(11-12-28)29(31,32)33/h6-9,14-15,19H,3-5,10-13,16-18H2,1-2H3,(H,37,41)(H,42,43). The van der Waals surface area contributed by atoms with E-state index in [0.29, 0.717) is 19.5 Å². The second kappa shape index (κ2) is 13.0. The second-order valence-electron chi connectivity index (χ2n) is 12.6. The molecular formula is C29H35ClF3N7O6S. The minimum absolute atomic E-state index is 0.00869. The van der Waals surface area contributed by atoms with Crippen LogP contribution >= 0.6 is 11.6 Å². The number of rotatable bonds is 13. The first-order chi connectivity index (χ1) is 22.0. The van der Waals surface area contributed by atoms with Crippen LogP contribution in [0.2, 0.25) is 5.15 Å². The molecule has 2 aliphatic rings. The Morgan fingerprint density at radius 1 is 1.13 bits per heavy atom. The van der Waals surface area contributed by atoms with Crippen molar-refractivity contribution >= 4 is 33.6 Å². The average Bonchev–Trinajstić information content (AvgIpc) is 3.27. The van der Waals surface area contributed by atoms with Crippen LogP contribution in [-0.2, 0) is 16.6 Å². The number of alkyl halides is 3. The van der Waals surface area contributed by atoms with Gasteiger partial charge in [0.1, 0.15) is 5.15 Å². The van der Waals surface area contributed by atoms with Gasteiger partial charge in [0.05, 0.1) is 17.6 Å². The molecule has 0 aromatic carbocycles. The first-order valence-electron chi connectivity index (χ1n) is 15.0. The molecule has 2 fully saturated rings. The molecule has 1 unspecified atom stereocenters. The number of hydrogen-bond acceptors (Lipinski definition) is 8. The molecule has 5 rings (SSSR count). The number of carbonyl (C=O) groups excluding carboxylic acids is 1. The third-order valence-corrected chi connectivity index (χ3v) is 10.2. The van der Waals surface area contributed by atoms with Crippen LogP contribution in [0.15, 0.2) is 41.7 Å². The Morgan fingerprint density at radius 2 is 1.87 bits per heavy atom. The summed E-state index contributed by atoms with van der Waals surface area (Å²) in [6, 6.07) is 5.43. The topological polar surface area (TPSA) is 162 Å². The van der Waals surface area contributed by atoms with Crippen molar-refractivity contribution in [3.63, 3.8) is 0 Å². The summed E-state index contributed by atoms with van der Waals surface area (Å²) in [5, 5.41) is 17.0. The molecule has 1 aliphatic carbocycles. The molecule has 2 N–H and O–H groups in total. The number of sulfonamides is 1. The van der Waals surface area contributed by atoms with Gasteiger partial charge in [-0.2, -0.15) is 26.7 Å². The van der Waals surface area contributed by atoms with Gasteiger partial charge in [0, 0.05) is 37.1 Å². The fourth-order valence-electron chi connectivity index (χ4n) is 5.95. The van der Waals surface area contributed by atoms with Gasteiger partial charge in [-0.1, -0.05) is 11.6 Å². The smallest absolute Gasteiger partial charge is 0.407 e. The summed E-state index contributed by atoms with van der Waals surface area (Å²) >= 11 is 6.22. The van der Waals surface area contributed by atoms with Gasteiger partial charge in [0.15, 0.2) is 10.8 Å². The van der Waals surface area contributed by atoms with Crippen LogP contribution in [0.4, 0.5) is 18.0 Å². The Balaban J connectivity index is 1.11. The van der Waals surface area contributed by atoms with Crippen LogP contribution in [0.25, 0.3) is 5.82 Å². The predicted molar refractivity (Wildman–Crippen MR) is 162 cm³/mol. The number of pyridine rings is 1. The van der Waals surface area contributed by atoms with E-state index < -0.39 is 39.2 Å². The lowest BCUT2D eigenvalue weighted by Crippen LogP contribution is -2.41. The normalized spacial score (nSPS) is 18.7. The number of hydrogen-bond donors (Lipinski definition) is 2. The van der Waals surface area contributed by atoms with Crippen molar-refractivity contribution in [2.45, 2.75) is 82.1 Å². The first-order valence-corrected chi connectivity index (χ1v) is 16.9. The zero-order valence-electron chi connectivity index (χ0n) is 25.7. The Bertz CT molecular complexity index is 1740. The summed E-state index contributed by atoms with van der Waals surface area (Å²) in [6.45, 7) is 4.69. The molecule has 256 valence electrons. The predicted octanol–water partition coefficient (Wildman–Crippen LogP) is 5.30. The van der Waals surface area contributed by atoms with Crippen molar-refractivity contribution in [2.24, 2.45) is 11.3 Å². The quantitative estimate of drug-likeness (QED) is 0.178. The number of ether oxygens (including phenoxy) is 1. The monoisotopic (exact) mass is 701 g/mol. The maximum absolute atomic E-state index is 13.1. The van der Waals surface area contributed by atoms with E-state index in [2.05, 4.69) is 15.2 Å². The zero-order chi connectivity index (χ0) is 34.2. The van der Waals surface area contributed by atoms with Gasteiger partial charge < -0.3 is 14.7 Å². The van der Waals surface area contributed by atoms with Crippen molar-refractivity contribution in [1.29, 1.82) is 0 Å². The molecule has 18 heteroatoms. The van der Waals surface area contributed by atoms with E-state index in [4.69, 9.17) is 16.3 Å². The van der Waals surface area contributed by atoms with E-state index >= 15 is 0 Å². The molecule has 1 saturated carbocycles. The Hall–Kier alpha value is -3.86. The lowest BCUT2D eigenvalue weighted by atomic mass is 9.93. The van der Waals surface area contributed by atoms with E-state index in [-0.39, 0.29) is 65.6 Å². The molecular weight excluding hydrogens is 667 g/mol. The largest absolute Gasteiger partial charge is 0.477 e. The summed E-state index contributed by atoms with van der Waals surface area (Å²) in [7, 11) is -4.35. The number of aryl methyl sites for hydroxylation is 1. The van der Waals surface area contributed by atoms with E-state index in [1.165, 1.54) is 50.9 Å². The van der Waals surface area contributed by atoms with Gasteiger partial charge in [-0.3, -0.25) is 9.48 Å². The molecule has 1 aliphatic heterocycles. The molecule has 3 aromatic heterocycles. The fourth-order valence-corrected chi connectivity index (χ4v) is 7.09. The van der Waals surface area contributed by atoms with Crippen LogP contribution in [0, 0.1) is 11.3 Å². The van der Waals surface area contributed by atoms with E-state index in [0.717, 1.165) is 12.8 Å². The van der Waals surface area contributed by atoms with Gasteiger partial charge in [0.25, 0.3) is 15.9 Å². The Kier molecular flexibility index (Phi) is 9.52. The molecule has 47 heavy (non-hydrogen) atoms. The van der Waals surface area contributed by atoms with Crippen LogP contribution in [0.1, 0.15) is 69.2 Å². The molecule has 1 saturated heterocycles. The van der Waals surface area contributed by atoms with Crippen molar-refractivity contribution in [3.8, 4) is 11.7 Å². The van der Waals surface area contributed by atoms with Crippen LogP contribution < -0.4 is 9.46 Å². The second-order valence-corrected chi connectivity index (χ2v) is 14.6. The lowest BCUT2D eigenvalue weighted by molar-refractivity contribution is -0.189. The molecule has 3 aromatic rings. The number of carboxylic acid groups (broad SMARTS) is 1. The lowest BCUT2D eigenvalue weighted by Gasteiger charge is -2.28. The highest BCUT2D eigenvalue weighted by Crippen LogP contribution is 2.60. The number of amides is 2. The number of nitrogens with zero attached hydrogens (tertiary/aromatic N) is 6. The Morgan fingerprint density at radius 3 is 2.51 bits per heavy atom. The summed E-state index contributed by atoms with van der Waals surface area (Å²) in [5.41, 5.74) is -2.24. The van der Waals surface area contributed by atoms with Gasteiger partial charge in [0.2, 0.25) is 5.88 Å². The number of halogens is 4. The van der Waals surface area contributed by atoms with E-state index in [1.54, 1.807) is 0 Å². The van der Waals surface area contributed by atoms with Gasteiger partial charge in [-0.15, -0.1) is 5.10 Å². The minimum atomic E-state index is -4.35. The summed E-state index contributed by atoms with van der Waals surface area (Å²) in [4.78, 5) is 29.9. The highest BCUT2D eigenvalue weighted by atomic mass is 35.5. The summed E-state index contributed by atoms with van der Waals surface area (Å²) in [6.07, 6.45) is 0.442. The van der Waals surface area contributed by atoms with E-state index in [1.807, 2.05) is 18.6 Å². The summed E-state index contributed by atoms with van der Waals surface area (Å²) in [5.74, 6) is -0.479. The number of likely N-dealkylation sites (tertiary alicyclic amines) is 1. The molecule has 1 atom stereocenters. The average molecular weight is 702 g/mol. The molecule has 13 nitrogen and oxygen atoms in total. The Labute approximate surface area is 274 Å². The third-order valence-electron chi connectivity index (χ3n) is 8.69. The number of carbonyl (C=O) groups is 2. The molecule has 0 radical (unpaired) electrons. The maximum atomic E-state index is 13.1. The maximum Gasteiger partial charge on any atom is 0.407 e. The third kappa shape index (κ3) is 7.83. The highest BCUT2D eigenvalue weighted by Gasteiger charge is 2.62. The van der Waals surface area contributed by atoms with Gasteiger partial charge >= 0.3 is 12.3 Å². The van der Waals surface area contributed by atoms with E-state index in [9.17, 15) is 36.3 Å². The fraction of sp³-hybridized carbons (Fsp3) is 0.552. The molecule has 0 bridgehead atoms. The van der Waals surface area contributed by atoms with Crippen molar-refractivity contribution < 1.29 is 41.0 Å². The van der Waals surface area contributed by atoms with Crippen molar-refractivity contribution in [1.82, 2.24) is 34.2 Å². The van der Waals surface area contributed by atoms with Crippen LogP contribution in [-0.4, -0.2) is 79.8 Å². The minimum Gasteiger partial charge on any atom is -0.477 e. The SMILES string of the molecule is CC1(C)CC(CCCn2ccc(S(=O)(=O)NC(=O)c3ccc(-n4ccc(OCCCC5(C(F)(F)F)CC5)n4)nc3Cl)n2)CN1C(=O)O. The van der Waals surface area contributed by atoms with Crippen LogP contribution in [0.3, 0.4) is 0 Å². The zero-order valence-corrected chi connectivity index (χ0v) is 27.3. The molecule has 0 spiro atoms. The first kappa shape index (κ1) is 34.5. The van der Waals surface area contributed by atoms with Gasteiger partial charge in [-0.05, 0) is 82.9 Å². The molecule has 2 amide bonds. The van der Waals surface area contributed by atoms with Crippen LogP contribution in [0.5, 0.6) is 5.88 Å². The van der Waals surface area contributed by atoms with Gasteiger partial charge in [-0.25, -0.2) is 19.2 Å². The summed E-state index contributed by atoms with van der Waals surface area (Å²) < 4.78 is 75.2. The van der Waals surface area contributed by atoms with Crippen molar-refractivity contribution in [2.75, 3.05) is 13.2 Å².